The lowest BCUT2D eigenvalue weighted by Gasteiger charge is -2.00. The molecule has 0 aliphatic heterocycles. The van der Waals surface area contributed by atoms with Crippen LogP contribution in [0.2, 0.25) is 0 Å². The van der Waals surface area contributed by atoms with Gasteiger partial charge in [0.2, 0.25) is 0 Å². The van der Waals surface area contributed by atoms with Gasteiger partial charge in [0.15, 0.2) is 5.76 Å². The summed E-state index contributed by atoms with van der Waals surface area (Å²) in [5.41, 5.74) is 1.82. The van der Waals surface area contributed by atoms with E-state index >= 15 is 0 Å². The Morgan fingerprint density at radius 3 is 2.95 bits per heavy atom. The number of hydrogen-bond donors (Lipinski definition) is 1. The first-order chi connectivity index (χ1) is 9.33. The highest BCUT2D eigenvalue weighted by molar-refractivity contribution is 5.59. The van der Waals surface area contributed by atoms with Crippen LogP contribution in [-0.4, -0.2) is 32.5 Å². The summed E-state index contributed by atoms with van der Waals surface area (Å²) in [6, 6.07) is 9.63. The number of aromatic nitrogens is 1. The van der Waals surface area contributed by atoms with Crippen molar-refractivity contribution in [2.24, 2.45) is 0 Å². The molecule has 2 rings (SSSR count). The Kier molecular flexibility index (Phi) is 4.94. The number of ether oxygens (including phenoxy) is 2. The van der Waals surface area contributed by atoms with Crippen LogP contribution < -0.4 is 10.1 Å². The van der Waals surface area contributed by atoms with E-state index in [0.717, 1.165) is 29.3 Å². The van der Waals surface area contributed by atoms with E-state index in [9.17, 15) is 0 Å². The van der Waals surface area contributed by atoms with Crippen LogP contribution >= 0.6 is 0 Å². The maximum Gasteiger partial charge on any atom is 0.167 e. The first-order valence-corrected chi connectivity index (χ1v) is 6.13. The molecule has 19 heavy (non-hydrogen) atoms. The molecule has 1 aromatic carbocycles. The zero-order chi connectivity index (χ0) is 13.5. The SMILES string of the molecule is COCCNCc1cc(-c2cccc(OC)c2)on1. The fourth-order valence-corrected chi connectivity index (χ4v) is 1.70. The van der Waals surface area contributed by atoms with Crippen molar-refractivity contribution in [3.63, 3.8) is 0 Å². The molecule has 0 saturated heterocycles. The highest BCUT2D eigenvalue weighted by atomic mass is 16.5. The molecule has 1 aromatic heterocycles. The average Bonchev–Trinajstić information content (AvgIpc) is 2.92. The van der Waals surface area contributed by atoms with Gasteiger partial charge < -0.3 is 19.3 Å². The van der Waals surface area contributed by atoms with Crippen molar-refractivity contribution in [3.05, 3.63) is 36.0 Å². The summed E-state index contributed by atoms with van der Waals surface area (Å²) in [6.07, 6.45) is 0. The van der Waals surface area contributed by atoms with Crippen molar-refractivity contribution in [1.82, 2.24) is 10.5 Å². The topological polar surface area (TPSA) is 56.5 Å². The van der Waals surface area contributed by atoms with Crippen LogP contribution in [0.15, 0.2) is 34.9 Å². The minimum Gasteiger partial charge on any atom is -0.497 e. The van der Waals surface area contributed by atoms with E-state index in [-0.39, 0.29) is 0 Å². The van der Waals surface area contributed by atoms with Crippen LogP contribution in [0.1, 0.15) is 5.69 Å². The maximum atomic E-state index is 5.33. The van der Waals surface area contributed by atoms with E-state index in [0.29, 0.717) is 13.2 Å². The third-order valence-electron chi connectivity index (χ3n) is 2.70. The first kappa shape index (κ1) is 13.6. The van der Waals surface area contributed by atoms with E-state index in [2.05, 4.69) is 10.5 Å². The summed E-state index contributed by atoms with van der Waals surface area (Å²) in [6.45, 7) is 2.13. The zero-order valence-corrected chi connectivity index (χ0v) is 11.2. The van der Waals surface area contributed by atoms with Gasteiger partial charge in [0, 0.05) is 31.8 Å². The number of rotatable bonds is 7. The molecule has 5 nitrogen and oxygen atoms in total. The van der Waals surface area contributed by atoms with Crippen molar-refractivity contribution in [2.75, 3.05) is 27.4 Å². The quantitative estimate of drug-likeness (QED) is 0.774. The molecule has 0 atom stereocenters. The molecule has 1 heterocycles. The number of methoxy groups -OCH3 is 2. The summed E-state index contributed by atoms with van der Waals surface area (Å²) < 4.78 is 15.5. The zero-order valence-electron chi connectivity index (χ0n) is 11.2. The second-order valence-corrected chi connectivity index (χ2v) is 4.08. The van der Waals surface area contributed by atoms with Crippen LogP contribution in [0.4, 0.5) is 0 Å². The van der Waals surface area contributed by atoms with Gasteiger partial charge in [0.05, 0.1) is 19.4 Å². The van der Waals surface area contributed by atoms with E-state index in [4.69, 9.17) is 14.0 Å². The smallest absolute Gasteiger partial charge is 0.167 e. The van der Waals surface area contributed by atoms with E-state index in [1.807, 2.05) is 30.3 Å². The number of hydrogen-bond acceptors (Lipinski definition) is 5. The predicted octanol–water partition coefficient (Wildman–Crippen LogP) is 2.09. The fraction of sp³-hybridized carbons (Fsp3) is 0.357. The van der Waals surface area contributed by atoms with Crippen molar-refractivity contribution < 1.29 is 14.0 Å². The van der Waals surface area contributed by atoms with Gasteiger partial charge in [0.25, 0.3) is 0 Å². The summed E-state index contributed by atoms with van der Waals surface area (Å²) >= 11 is 0. The van der Waals surface area contributed by atoms with Crippen molar-refractivity contribution >= 4 is 0 Å². The average molecular weight is 262 g/mol. The number of nitrogens with zero attached hydrogens (tertiary/aromatic N) is 1. The van der Waals surface area contributed by atoms with E-state index in [1.54, 1.807) is 14.2 Å². The molecule has 0 fully saturated rings. The lowest BCUT2D eigenvalue weighted by atomic mass is 10.1. The minimum absolute atomic E-state index is 0.664. The molecule has 0 bridgehead atoms. The molecule has 0 aliphatic carbocycles. The highest BCUT2D eigenvalue weighted by Crippen LogP contribution is 2.24. The standard InChI is InChI=1S/C14H18N2O3/c1-17-7-6-15-10-12-9-14(19-16-12)11-4-3-5-13(8-11)18-2/h3-5,8-9,15H,6-7,10H2,1-2H3. The first-order valence-electron chi connectivity index (χ1n) is 6.13. The molecule has 0 aliphatic rings. The Balaban J connectivity index is 1.99. The summed E-state index contributed by atoms with van der Waals surface area (Å²) in [7, 11) is 3.32. The fourth-order valence-electron chi connectivity index (χ4n) is 1.70. The van der Waals surface area contributed by atoms with E-state index < -0.39 is 0 Å². The molecular weight excluding hydrogens is 244 g/mol. The Labute approximate surface area is 112 Å². The van der Waals surface area contributed by atoms with Gasteiger partial charge in [-0.15, -0.1) is 0 Å². The molecule has 0 saturated carbocycles. The lowest BCUT2D eigenvalue weighted by Crippen LogP contribution is -2.18. The van der Waals surface area contributed by atoms with Gasteiger partial charge >= 0.3 is 0 Å². The van der Waals surface area contributed by atoms with Gasteiger partial charge in [-0.2, -0.15) is 0 Å². The third-order valence-corrected chi connectivity index (χ3v) is 2.70. The molecule has 0 unspecified atom stereocenters. The summed E-state index contributed by atoms with van der Waals surface area (Å²) in [5.74, 6) is 1.54. The molecule has 0 spiro atoms. The van der Waals surface area contributed by atoms with Crippen molar-refractivity contribution in [2.45, 2.75) is 6.54 Å². The molecule has 0 amide bonds. The van der Waals surface area contributed by atoms with Gasteiger partial charge in [0.1, 0.15) is 5.75 Å². The predicted molar refractivity (Wildman–Crippen MR) is 72.1 cm³/mol. The molecule has 0 radical (unpaired) electrons. The van der Waals surface area contributed by atoms with Gasteiger partial charge in [-0.1, -0.05) is 17.3 Å². The molecule has 5 heteroatoms. The maximum absolute atomic E-state index is 5.33. The monoisotopic (exact) mass is 262 g/mol. The largest absolute Gasteiger partial charge is 0.497 e. The molecular formula is C14H18N2O3. The Hall–Kier alpha value is -1.85. The Morgan fingerprint density at radius 1 is 1.26 bits per heavy atom. The van der Waals surface area contributed by atoms with Gasteiger partial charge in [-0.05, 0) is 12.1 Å². The van der Waals surface area contributed by atoms with Crippen LogP contribution in [0.5, 0.6) is 5.75 Å². The minimum atomic E-state index is 0.664. The third kappa shape index (κ3) is 3.81. The second kappa shape index (κ2) is 6.92. The van der Waals surface area contributed by atoms with Crippen LogP contribution in [0.3, 0.4) is 0 Å². The Bertz CT molecular complexity index is 511. The van der Waals surface area contributed by atoms with Gasteiger partial charge in [-0.25, -0.2) is 0 Å². The van der Waals surface area contributed by atoms with Gasteiger partial charge in [-0.3, -0.25) is 0 Å². The normalized spacial score (nSPS) is 10.6. The van der Waals surface area contributed by atoms with Crippen LogP contribution in [-0.2, 0) is 11.3 Å². The van der Waals surface area contributed by atoms with Crippen LogP contribution in [0, 0.1) is 0 Å². The Morgan fingerprint density at radius 2 is 2.16 bits per heavy atom. The summed E-state index contributed by atoms with van der Waals surface area (Å²) in [4.78, 5) is 0. The molecule has 102 valence electrons. The van der Waals surface area contributed by atoms with E-state index in [1.165, 1.54) is 0 Å². The van der Waals surface area contributed by atoms with Crippen molar-refractivity contribution in [1.29, 1.82) is 0 Å². The van der Waals surface area contributed by atoms with Crippen LogP contribution in [0.25, 0.3) is 11.3 Å². The second-order valence-electron chi connectivity index (χ2n) is 4.08. The van der Waals surface area contributed by atoms with Crippen molar-refractivity contribution in [3.8, 4) is 17.1 Å². The molecule has 2 aromatic rings. The number of benzene rings is 1. The lowest BCUT2D eigenvalue weighted by molar-refractivity contribution is 0.199. The number of nitrogens with one attached hydrogen (secondary N) is 1. The molecule has 1 N–H and O–H groups in total. The summed E-state index contributed by atoms with van der Waals surface area (Å²) in [5, 5.41) is 7.24. The highest BCUT2D eigenvalue weighted by Gasteiger charge is 2.07.